The lowest BCUT2D eigenvalue weighted by Crippen LogP contribution is -2.28. The van der Waals surface area contributed by atoms with Gasteiger partial charge in [0, 0.05) is 12.8 Å². The maximum Gasteiger partial charge on any atom is 0.306 e. The maximum absolute atomic E-state index is 12.2. The van der Waals surface area contributed by atoms with Crippen LogP contribution in [0.3, 0.4) is 0 Å². The molecule has 1 unspecified atom stereocenters. The van der Waals surface area contributed by atoms with Crippen molar-refractivity contribution in [3.63, 3.8) is 0 Å². The first-order chi connectivity index (χ1) is 30.1. The summed E-state index contributed by atoms with van der Waals surface area (Å²) < 4.78 is 10.6. The Morgan fingerprint density at radius 2 is 0.705 bits per heavy atom. The molecule has 1 N–H and O–H groups in total. The Bertz CT molecular complexity index is 1060. The SMILES string of the molecule is CC/C=C\C/C=C\C/C=C\C/C=C\C/C=C\CCCCCCCCCCCCCCCCCCCCCCCC(=O)OC(CO)COC(=O)CCCCCCCCCCCC. The number of rotatable bonds is 48. The van der Waals surface area contributed by atoms with Crippen molar-refractivity contribution < 1.29 is 24.2 Å². The summed E-state index contributed by atoms with van der Waals surface area (Å²) in [7, 11) is 0. The number of carbonyl (C=O) groups is 2. The quantitative estimate of drug-likeness (QED) is 0.0375. The Balaban J connectivity index is 3.40. The van der Waals surface area contributed by atoms with Crippen LogP contribution in [-0.4, -0.2) is 36.4 Å². The van der Waals surface area contributed by atoms with Crippen LogP contribution in [0, 0.1) is 0 Å². The highest BCUT2D eigenvalue weighted by molar-refractivity contribution is 5.70. The monoisotopic (exact) mass is 853 g/mol. The highest BCUT2D eigenvalue weighted by Gasteiger charge is 2.16. The number of aliphatic hydroxyl groups is 1. The van der Waals surface area contributed by atoms with Crippen LogP contribution in [0.15, 0.2) is 60.8 Å². The zero-order valence-corrected chi connectivity index (χ0v) is 40.4. The van der Waals surface area contributed by atoms with E-state index in [1.165, 1.54) is 167 Å². The van der Waals surface area contributed by atoms with Crippen LogP contribution in [0.25, 0.3) is 0 Å². The lowest BCUT2D eigenvalue weighted by atomic mass is 10.0. The van der Waals surface area contributed by atoms with Gasteiger partial charge in [-0.1, -0.05) is 254 Å². The molecule has 0 aliphatic carbocycles. The Hall–Kier alpha value is -2.40. The van der Waals surface area contributed by atoms with Crippen molar-refractivity contribution >= 4 is 11.9 Å². The molecule has 0 rings (SSSR count). The van der Waals surface area contributed by atoms with Gasteiger partial charge >= 0.3 is 11.9 Å². The number of hydrogen-bond donors (Lipinski definition) is 1. The molecular formula is C56H100O5. The van der Waals surface area contributed by atoms with E-state index in [2.05, 4.69) is 74.6 Å². The molecule has 0 heterocycles. The maximum atomic E-state index is 12.2. The van der Waals surface area contributed by atoms with Crippen molar-refractivity contribution in [2.45, 2.75) is 270 Å². The largest absolute Gasteiger partial charge is 0.462 e. The third-order valence-corrected chi connectivity index (χ3v) is 11.6. The minimum Gasteiger partial charge on any atom is -0.462 e. The summed E-state index contributed by atoms with van der Waals surface area (Å²) in [5.41, 5.74) is 0. The van der Waals surface area contributed by atoms with E-state index in [0.29, 0.717) is 12.8 Å². The number of esters is 2. The van der Waals surface area contributed by atoms with Crippen molar-refractivity contribution in [3.05, 3.63) is 60.8 Å². The molecule has 354 valence electrons. The molecule has 0 radical (unpaired) electrons. The highest BCUT2D eigenvalue weighted by atomic mass is 16.6. The average Bonchev–Trinajstić information content (AvgIpc) is 3.26. The lowest BCUT2D eigenvalue weighted by Gasteiger charge is -2.15. The highest BCUT2D eigenvalue weighted by Crippen LogP contribution is 2.16. The summed E-state index contributed by atoms with van der Waals surface area (Å²) in [6, 6.07) is 0. The minimum absolute atomic E-state index is 0.0614. The molecule has 0 aromatic heterocycles. The van der Waals surface area contributed by atoms with Crippen molar-refractivity contribution in [2.75, 3.05) is 13.2 Å². The summed E-state index contributed by atoms with van der Waals surface area (Å²) in [5, 5.41) is 9.58. The van der Waals surface area contributed by atoms with Gasteiger partial charge in [0.1, 0.15) is 6.61 Å². The molecule has 0 amide bonds. The van der Waals surface area contributed by atoms with Crippen molar-refractivity contribution in [1.29, 1.82) is 0 Å². The molecule has 0 spiro atoms. The topological polar surface area (TPSA) is 72.8 Å². The Morgan fingerprint density at radius 1 is 0.393 bits per heavy atom. The summed E-state index contributed by atoms with van der Waals surface area (Å²) in [6.45, 7) is 4.03. The van der Waals surface area contributed by atoms with Gasteiger partial charge in [0.2, 0.25) is 0 Å². The van der Waals surface area contributed by atoms with Crippen molar-refractivity contribution in [1.82, 2.24) is 0 Å². The molecule has 0 aromatic rings. The molecule has 0 fully saturated rings. The predicted molar refractivity (Wildman–Crippen MR) is 265 cm³/mol. The zero-order valence-electron chi connectivity index (χ0n) is 40.4. The Morgan fingerprint density at radius 3 is 1.07 bits per heavy atom. The van der Waals surface area contributed by atoms with Gasteiger partial charge in [-0.05, 0) is 57.8 Å². The number of allylic oxidation sites excluding steroid dienone is 10. The lowest BCUT2D eigenvalue weighted by molar-refractivity contribution is -0.161. The van der Waals surface area contributed by atoms with E-state index in [0.717, 1.165) is 70.6 Å². The van der Waals surface area contributed by atoms with E-state index in [-0.39, 0.29) is 25.2 Å². The van der Waals surface area contributed by atoms with Crippen LogP contribution >= 0.6 is 0 Å². The second kappa shape index (κ2) is 51.9. The van der Waals surface area contributed by atoms with E-state index < -0.39 is 6.10 Å². The van der Waals surface area contributed by atoms with Crippen LogP contribution in [0.2, 0.25) is 0 Å². The fourth-order valence-electron chi connectivity index (χ4n) is 7.64. The molecule has 61 heavy (non-hydrogen) atoms. The second-order valence-electron chi connectivity index (χ2n) is 17.6. The van der Waals surface area contributed by atoms with Gasteiger partial charge in [0.25, 0.3) is 0 Å². The standard InChI is InChI=1S/C56H100O5/c1-3-5-7-9-11-13-15-16-17-18-19-20-21-22-23-24-25-26-27-28-29-30-31-32-33-34-35-36-37-38-39-40-41-43-45-47-49-51-56(59)61-54(52-57)53-60-55(58)50-48-46-44-42-14-12-10-8-6-4-2/h5,7,11,13,16-17,19-20,22-23,54,57H,3-4,6,8-10,12,14-15,18,21,24-53H2,1-2H3/b7-5-,13-11-,17-16-,20-19-,23-22-. The average molecular weight is 853 g/mol. The number of carbonyl (C=O) groups excluding carboxylic acids is 2. The number of unbranched alkanes of at least 4 members (excludes halogenated alkanes) is 30. The van der Waals surface area contributed by atoms with E-state index >= 15 is 0 Å². The first kappa shape index (κ1) is 58.6. The van der Waals surface area contributed by atoms with Gasteiger partial charge < -0.3 is 14.6 Å². The summed E-state index contributed by atoms with van der Waals surface area (Å²) in [5.74, 6) is -0.581. The minimum atomic E-state index is -0.767. The summed E-state index contributed by atoms with van der Waals surface area (Å²) in [6.07, 6.45) is 69.2. The zero-order chi connectivity index (χ0) is 44.2. The third-order valence-electron chi connectivity index (χ3n) is 11.6. The fourth-order valence-corrected chi connectivity index (χ4v) is 7.64. The van der Waals surface area contributed by atoms with Gasteiger partial charge in [0.15, 0.2) is 6.10 Å². The fraction of sp³-hybridized carbons (Fsp3) is 0.786. The van der Waals surface area contributed by atoms with Crippen molar-refractivity contribution in [3.8, 4) is 0 Å². The third kappa shape index (κ3) is 50.1. The molecule has 0 aliphatic heterocycles. The van der Waals surface area contributed by atoms with E-state index in [1.54, 1.807) is 0 Å². The summed E-state index contributed by atoms with van der Waals surface area (Å²) in [4.78, 5) is 24.3. The van der Waals surface area contributed by atoms with Crippen LogP contribution in [0.5, 0.6) is 0 Å². The molecule has 0 aliphatic rings. The number of hydrogen-bond acceptors (Lipinski definition) is 5. The number of aliphatic hydroxyl groups excluding tert-OH is 1. The molecule has 1 atom stereocenters. The Kier molecular flexibility index (Phi) is 49.9. The number of ether oxygens (including phenoxy) is 2. The molecule has 0 bridgehead atoms. The van der Waals surface area contributed by atoms with Crippen LogP contribution in [-0.2, 0) is 19.1 Å². The second-order valence-corrected chi connectivity index (χ2v) is 17.6. The molecule has 0 aromatic carbocycles. The van der Waals surface area contributed by atoms with Gasteiger partial charge in [-0.25, -0.2) is 0 Å². The van der Waals surface area contributed by atoms with E-state index in [1.807, 2.05) is 0 Å². The molecule has 0 saturated heterocycles. The summed E-state index contributed by atoms with van der Waals surface area (Å²) >= 11 is 0. The predicted octanol–water partition coefficient (Wildman–Crippen LogP) is 17.5. The van der Waals surface area contributed by atoms with Crippen LogP contribution in [0.4, 0.5) is 0 Å². The Labute approximate surface area is 379 Å². The molecule has 0 saturated carbocycles. The smallest absolute Gasteiger partial charge is 0.306 e. The molecule has 5 heteroatoms. The van der Waals surface area contributed by atoms with Crippen LogP contribution < -0.4 is 0 Å². The molecule has 5 nitrogen and oxygen atoms in total. The van der Waals surface area contributed by atoms with E-state index in [4.69, 9.17) is 9.47 Å². The van der Waals surface area contributed by atoms with Gasteiger partial charge in [-0.2, -0.15) is 0 Å². The van der Waals surface area contributed by atoms with Crippen LogP contribution in [0.1, 0.15) is 264 Å². The van der Waals surface area contributed by atoms with Gasteiger partial charge in [0.05, 0.1) is 6.61 Å². The first-order valence-electron chi connectivity index (χ1n) is 26.3. The first-order valence-corrected chi connectivity index (χ1v) is 26.3. The van der Waals surface area contributed by atoms with Gasteiger partial charge in [-0.3, -0.25) is 9.59 Å². The van der Waals surface area contributed by atoms with Crippen molar-refractivity contribution in [2.24, 2.45) is 0 Å². The van der Waals surface area contributed by atoms with Gasteiger partial charge in [-0.15, -0.1) is 0 Å². The normalized spacial score (nSPS) is 12.6. The van der Waals surface area contributed by atoms with E-state index in [9.17, 15) is 14.7 Å². The molecular weight excluding hydrogens is 753 g/mol.